The van der Waals surface area contributed by atoms with Gasteiger partial charge in [0.05, 0.1) is 39.0 Å². The Bertz CT molecular complexity index is 940. The molecule has 31 heavy (non-hydrogen) atoms. The maximum Gasteiger partial charge on any atom is 0.258 e. The molecule has 2 N–H and O–H groups in total. The average Bonchev–Trinajstić information content (AvgIpc) is 3.34. The lowest BCUT2D eigenvalue weighted by molar-refractivity contribution is -0.932. The van der Waals surface area contributed by atoms with Crippen molar-refractivity contribution in [1.82, 2.24) is 5.32 Å². The predicted molar refractivity (Wildman–Crippen MR) is 116 cm³/mol. The van der Waals surface area contributed by atoms with Gasteiger partial charge in [0.15, 0.2) is 18.4 Å². The number of nitrogens with one attached hydrogen (secondary N) is 2. The summed E-state index contributed by atoms with van der Waals surface area (Å²) in [6.45, 7) is 3.92. The van der Waals surface area contributed by atoms with E-state index >= 15 is 0 Å². The van der Waals surface area contributed by atoms with Gasteiger partial charge in [0.1, 0.15) is 11.6 Å². The molecule has 3 aromatic rings. The summed E-state index contributed by atoms with van der Waals surface area (Å²) in [4.78, 5) is 15.9. The molecule has 0 aliphatic carbocycles. The number of amides is 1. The number of hydrogen-bond acceptors (Lipinski definition) is 4. The van der Waals surface area contributed by atoms with Crippen LogP contribution in [0.1, 0.15) is 11.8 Å². The van der Waals surface area contributed by atoms with Gasteiger partial charge in [0.25, 0.3) is 5.91 Å². The first-order valence-corrected chi connectivity index (χ1v) is 10.5. The van der Waals surface area contributed by atoms with Crippen LogP contribution in [0.4, 0.5) is 10.1 Å². The topological polar surface area (TPSA) is 59.1 Å². The number of ether oxygens (including phenoxy) is 1. The second-order valence-corrected chi connectivity index (χ2v) is 7.60. The highest BCUT2D eigenvalue weighted by Gasteiger charge is 2.31. The Kier molecular flexibility index (Phi) is 6.84. The molecule has 1 saturated heterocycles. The lowest BCUT2D eigenvalue weighted by Crippen LogP contribution is -3.15. The molecule has 0 unspecified atom stereocenters. The highest BCUT2D eigenvalue weighted by Crippen LogP contribution is 2.16. The molecule has 2 heterocycles. The lowest BCUT2D eigenvalue weighted by atomic mass is 10.1. The van der Waals surface area contributed by atoms with E-state index in [2.05, 4.69) is 10.2 Å². The summed E-state index contributed by atoms with van der Waals surface area (Å²) < 4.78 is 24.4. The molecule has 1 atom stereocenters. The van der Waals surface area contributed by atoms with E-state index < -0.39 is 0 Å². The van der Waals surface area contributed by atoms with E-state index in [1.165, 1.54) is 17.0 Å². The number of rotatable bonds is 8. The van der Waals surface area contributed by atoms with Gasteiger partial charge in [-0.15, -0.1) is 0 Å². The number of halogens is 1. The summed E-state index contributed by atoms with van der Waals surface area (Å²) in [5.41, 5.74) is 1.03. The molecule has 0 spiro atoms. The van der Waals surface area contributed by atoms with E-state index in [-0.39, 0.29) is 24.4 Å². The number of anilines is 1. The van der Waals surface area contributed by atoms with Crippen molar-refractivity contribution in [2.24, 2.45) is 0 Å². The zero-order valence-electron chi connectivity index (χ0n) is 17.3. The van der Waals surface area contributed by atoms with Crippen molar-refractivity contribution >= 4 is 11.6 Å². The van der Waals surface area contributed by atoms with Gasteiger partial charge in [-0.3, -0.25) is 4.79 Å². The molecule has 6 nitrogen and oxygen atoms in total. The van der Waals surface area contributed by atoms with Crippen LogP contribution in [-0.4, -0.2) is 45.2 Å². The molecule has 1 amide bonds. The number of carbonyl (C=O) groups is 1. The molecule has 2 aromatic carbocycles. The maximum atomic E-state index is 13.2. The summed E-state index contributed by atoms with van der Waals surface area (Å²) in [5, 5.41) is 2.99. The van der Waals surface area contributed by atoms with Gasteiger partial charge >= 0.3 is 0 Å². The first kappa shape index (κ1) is 20.9. The largest absolute Gasteiger partial charge is 0.484 e. The number of benzene rings is 2. The SMILES string of the molecule is O=C(COc1ccccc1)NC[C@@H](c1ccco1)[NH+]1CCN(c2ccc(F)cc2)CC1. The quantitative estimate of drug-likeness (QED) is 0.581. The highest BCUT2D eigenvalue weighted by atomic mass is 19.1. The van der Waals surface area contributed by atoms with Gasteiger partial charge in [0, 0.05) is 5.69 Å². The van der Waals surface area contributed by atoms with E-state index in [0.29, 0.717) is 12.3 Å². The van der Waals surface area contributed by atoms with Crippen molar-refractivity contribution in [1.29, 1.82) is 0 Å². The molecule has 1 aromatic heterocycles. The molecule has 0 bridgehead atoms. The van der Waals surface area contributed by atoms with E-state index in [4.69, 9.17) is 9.15 Å². The second-order valence-electron chi connectivity index (χ2n) is 7.60. The normalized spacial score (nSPS) is 15.5. The third-order valence-corrected chi connectivity index (χ3v) is 5.59. The van der Waals surface area contributed by atoms with E-state index in [1.807, 2.05) is 54.6 Å². The first-order valence-electron chi connectivity index (χ1n) is 10.5. The second kappa shape index (κ2) is 10.1. The number of para-hydroxylation sites is 1. The first-order chi connectivity index (χ1) is 15.2. The van der Waals surface area contributed by atoms with Crippen LogP contribution in [0.2, 0.25) is 0 Å². The van der Waals surface area contributed by atoms with Crippen LogP contribution >= 0.6 is 0 Å². The van der Waals surface area contributed by atoms with Crippen LogP contribution in [0, 0.1) is 5.82 Å². The summed E-state index contributed by atoms with van der Waals surface area (Å²) in [6.07, 6.45) is 1.66. The van der Waals surface area contributed by atoms with Crippen LogP contribution in [0.3, 0.4) is 0 Å². The number of quaternary nitrogens is 1. The number of carbonyl (C=O) groups excluding carboxylic acids is 1. The molecular weight excluding hydrogens is 397 g/mol. The fourth-order valence-electron chi connectivity index (χ4n) is 3.92. The van der Waals surface area contributed by atoms with Crippen molar-refractivity contribution in [3.63, 3.8) is 0 Å². The van der Waals surface area contributed by atoms with Crippen molar-refractivity contribution in [2.45, 2.75) is 6.04 Å². The van der Waals surface area contributed by atoms with Crippen molar-refractivity contribution < 1.29 is 23.2 Å². The summed E-state index contributed by atoms with van der Waals surface area (Å²) in [7, 11) is 0. The maximum absolute atomic E-state index is 13.2. The molecule has 1 fully saturated rings. The van der Waals surface area contributed by atoms with Crippen molar-refractivity contribution in [2.75, 3.05) is 44.2 Å². The van der Waals surface area contributed by atoms with Crippen LogP contribution in [-0.2, 0) is 4.79 Å². The molecule has 7 heteroatoms. The Labute approximate surface area is 181 Å². The Balaban J connectivity index is 1.32. The van der Waals surface area contributed by atoms with Gasteiger partial charge < -0.3 is 24.3 Å². The third kappa shape index (κ3) is 5.64. The van der Waals surface area contributed by atoms with Gasteiger partial charge in [-0.25, -0.2) is 4.39 Å². The van der Waals surface area contributed by atoms with Crippen LogP contribution < -0.4 is 19.9 Å². The minimum atomic E-state index is -0.224. The van der Waals surface area contributed by atoms with E-state index in [0.717, 1.165) is 37.6 Å². The Morgan fingerprint density at radius 3 is 2.48 bits per heavy atom. The fourth-order valence-corrected chi connectivity index (χ4v) is 3.92. The monoisotopic (exact) mass is 424 g/mol. The number of nitrogens with zero attached hydrogens (tertiary/aromatic N) is 1. The van der Waals surface area contributed by atoms with Gasteiger partial charge in [0.2, 0.25) is 0 Å². The number of piperazine rings is 1. The summed E-state index contributed by atoms with van der Waals surface area (Å²) in [5.74, 6) is 1.14. The zero-order chi connectivity index (χ0) is 21.5. The fraction of sp³-hybridized carbons (Fsp3) is 0.292. The number of furan rings is 1. The smallest absolute Gasteiger partial charge is 0.258 e. The predicted octanol–water partition coefficient (Wildman–Crippen LogP) is 2.06. The van der Waals surface area contributed by atoms with Crippen LogP contribution in [0.25, 0.3) is 0 Å². The minimum Gasteiger partial charge on any atom is -0.484 e. The summed E-state index contributed by atoms with van der Waals surface area (Å²) >= 11 is 0. The van der Waals surface area contributed by atoms with E-state index in [1.54, 1.807) is 6.26 Å². The minimum absolute atomic E-state index is 0.0195. The Hall–Kier alpha value is -3.32. The average molecular weight is 424 g/mol. The molecular formula is C24H27FN3O3+. The molecule has 0 radical (unpaired) electrons. The molecule has 162 valence electrons. The van der Waals surface area contributed by atoms with Crippen LogP contribution in [0.15, 0.2) is 77.4 Å². The Morgan fingerprint density at radius 1 is 1.06 bits per heavy atom. The zero-order valence-corrected chi connectivity index (χ0v) is 17.3. The highest BCUT2D eigenvalue weighted by molar-refractivity contribution is 5.77. The molecule has 4 rings (SSSR count). The van der Waals surface area contributed by atoms with Gasteiger partial charge in [-0.1, -0.05) is 18.2 Å². The molecule has 1 aliphatic heterocycles. The summed E-state index contributed by atoms with van der Waals surface area (Å²) in [6, 6.07) is 19.8. The van der Waals surface area contributed by atoms with Gasteiger partial charge in [-0.05, 0) is 48.5 Å². The molecule has 0 saturated carbocycles. The molecule has 1 aliphatic rings. The standard InChI is InChI=1S/C24H26FN3O3/c25-19-8-10-20(11-9-19)27-12-14-28(15-13-27)22(23-7-4-16-30-23)17-26-24(29)18-31-21-5-2-1-3-6-21/h1-11,16,22H,12-15,17-18H2,(H,26,29)/p+1/t22-/m0/s1. The van der Waals surface area contributed by atoms with E-state index in [9.17, 15) is 9.18 Å². The van der Waals surface area contributed by atoms with Crippen molar-refractivity contribution in [3.8, 4) is 5.75 Å². The van der Waals surface area contributed by atoms with Gasteiger partial charge in [-0.2, -0.15) is 0 Å². The van der Waals surface area contributed by atoms with Crippen LogP contribution in [0.5, 0.6) is 5.75 Å². The third-order valence-electron chi connectivity index (χ3n) is 5.59. The Morgan fingerprint density at radius 2 is 1.81 bits per heavy atom. The van der Waals surface area contributed by atoms with Crippen molar-refractivity contribution in [3.05, 3.63) is 84.6 Å². The number of hydrogen-bond donors (Lipinski definition) is 2. The lowest BCUT2D eigenvalue weighted by Gasteiger charge is -2.37.